The normalized spacial score (nSPS) is 29.8. The lowest BCUT2D eigenvalue weighted by molar-refractivity contribution is -0.275. The zero-order valence-corrected chi connectivity index (χ0v) is 43.7. The van der Waals surface area contributed by atoms with Gasteiger partial charge in [0.25, 0.3) is 0 Å². The predicted molar refractivity (Wildman–Crippen MR) is 257 cm³/mol. The fraction of sp³-hybridized carbons (Fsp3) is 0.875. The van der Waals surface area contributed by atoms with Crippen molar-refractivity contribution in [1.82, 2.24) is 51.8 Å². The van der Waals surface area contributed by atoms with Crippen molar-refractivity contribution >= 4 is 11.7 Å². The molecule has 0 aromatic heterocycles. The van der Waals surface area contributed by atoms with Crippen molar-refractivity contribution in [3.05, 3.63) is 23.9 Å². The van der Waals surface area contributed by atoms with Crippen LogP contribution in [0, 0.1) is 0 Å². The molecule has 0 aromatic carbocycles. The first-order valence-electron chi connectivity index (χ1n) is 24.0. The van der Waals surface area contributed by atoms with Gasteiger partial charge in [-0.15, -0.1) is 0 Å². The number of nitrogens with zero attached hydrogens (tertiary/aromatic N) is 8. The fourth-order valence-corrected chi connectivity index (χ4v) is 11.7. The van der Waals surface area contributed by atoms with Crippen molar-refractivity contribution in [1.29, 1.82) is 0 Å². The van der Waals surface area contributed by atoms with E-state index in [0.29, 0.717) is 30.7 Å². The van der Waals surface area contributed by atoms with Crippen molar-refractivity contribution in [2.24, 2.45) is 10.1 Å². The summed E-state index contributed by atoms with van der Waals surface area (Å²) in [7, 11) is 8.85. The van der Waals surface area contributed by atoms with Gasteiger partial charge in [-0.3, -0.25) is 34.9 Å². The number of piperidine rings is 4. The molecule has 0 radical (unpaired) electrons. The van der Waals surface area contributed by atoms with E-state index >= 15 is 0 Å². The average molecular weight is 899 g/mol. The average Bonchev–Trinajstić information content (AvgIpc) is 3.11. The van der Waals surface area contributed by atoms with Crippen LogP contribution in [-0.2, 0) is 19.1 Å². The highest BCUT2D eigenvalue weighted by Crippen LogP contribution is 2.42. The van der Waals surface area contributed by atoms with Gasteiger partial charge < -0.3 is 14.8 Å². The molecule has 0 aliphatic carbocycles. The predicted octanol–water partition coefficient (Wildman–Crippen LogP) is 6.62. The summed E-state index contributed by atoms with van der Waals surface area (Å²) in [6.07, 6.45) is 10.8. The highest BCUT2D eigenvalue weighted by molar-refractivity contribution is 5.93. The molecule has 6 heterocycles. The number of hydrogen-bond donors (Lipinski definition) is 4. The lowest BCUT2D eigenvalue weighted by Crippen LogP contribution is -2.63. The molecule has 0 atom stereocenters. The molecule has 6 rings (SSSR count). The minimum atomic E-state index is -0.0525. The summed E-state index contributed by atoms with van der Waals surface area (Å²) < 4.78 is 13.6. The van der Waals surface area contributed by atoms with Gasteiger partial charge >= 0.3 is 0 Å². The maximum atomic E-state index is 6.80. The van der Waals surface area contributed by atoms with E-state index in [1.54, 1.807) is 5.28 Å². The number of aliphatic imine (C=N–C) groups is 1. The van der Waals surface area contributed by atoms with Gasteiger partial charge in [0.2, 0.25) is 11.8 Å². The van der Waals surface area contributed by atoms with Crippen LogP contribution in [0.4, 0.5) is 0 Å². The van der Waals surface area contributed by atoms with E-state index < -0.39 is 0 Å². The Labute approximate surface area is 387 Å². The Balaban J connectivity index is 1.18. The second kappa shape index (κ2) is 17.7. The number of likely N-dealkylation sites (tertiary alicyclic amines) is 4. The molecule has 64 heavy (non-hydrogen) atoms. The molecule has 0 spiro atoms. The third-order valence-corrected chi connectivity index (χ3v) is 16.2. The molecule has 6 aliphatic heterocycles. The smallest absolute Gasteiger partial charge is 0.239 e. The first-order valence-corrected chi connectivity index (χ1v) is 24.0. The Kier molecular flexibility index (Phi) is 13.9. The Morgan fingerprint density at radius 3 is 1.36 bits per heavy atom. The van der Waals surface area contributed by atoms with E-state index in [1.807, 2.05) is 12.2 Å². The topological polar surface area (TPSA) is 129 Å². The van der Waals surface area contributed by atoms with Crippen molar-refractivity contribution in [3.8, 4) is 0 Å². The summed E-state index contributed by atoms with van der Waals surface area (Å²) in [4.78, 5) is 28.3. The molecule has 0 amide bonds. The Morgan fingerprint density at radius 2 is 0.922 bits per heavy atom. The van der Waals surface area contributed by atoms with Gasteiger partial charge in [-0.1, -0.05) is 10.4 Å². The fourth-order valence-electron chi connectivity index (χ4n) is 11.7. The molecule has 0 unspecified atom stereocenters. The summed E-state index contributed by atoms with van der Waals surface area (Å²) in [5.41, 5.74) is 9.88. The van der Waals surface area contributed by atoms with Gasteiger partial charge in [-0.25, -0.2) is 15.7 Å². The monoisotopic (exact) mass is 899 g/mol. The standard InChI is InChI=1S/C48H90N12O4/c1-41(2)25-33(26-42(3,4)55(41)17)61-39-23-37(51-59(53-39)63-35-29-45(9,10)57(19)46(11,12)30-35)49-21-22-50-38-24-40(62-34-27-43(5,6)56(18)44(7,8)28-34)54-60(52-38)64-36-31-47(13,14)58(20)48(15,16)32-36/h23-24,33-36,49,51,54H,21-22,25-32H2,1-20H3,(H,50,52). The molecular weight excluding hydrogens is 809 g/mol. The van der Waals surface area contributed by atoms with Crippen molar-refractivity contribution in [3.63, 3.8) is 0 Å². The minimum absolute atomic E-state index is 0.00916. The maximum Gasteiger partial charge on any atom is 0.239 e. The van der Waals surface area contributed by atoms with Crippen LogP contribution in [0.15, 0.2) is 33.9 Å². The number of hydrogen-bond acceptors (Lipinski definition) is 15. The van der Waals surface area contributed by atoms with Gasteiger partial charge in [-0.2, -0.15) is 0 Å². The molecule has 16 heteroatoms. The molecule has 366 valence electrons. The van der Waals surface area contributed by atoms with Crippen LogP contribution in [0.1, 0.15) is 162 Å². The van der Waals surface area contributed by atoms with Crippen LogP contribution in [0.25, 0.3) is 0 Å². The second-order valence-corrected chi connectivity index (χ2v) is 24.9. The van der Waals surface area contributed by atoms with Crippen LogP contribution < -0.4 is 21.6 Å². The molecule has 6 aliphatic rings. The number of hydrazone groups is 1. The van der Waals surface area contributed by atoms with Crippen molar-refractivity contribution in [2.75, 3.05) is 41.3 Å². The van der Waals surface area contributed by atoms with Crippen LogP contribution in [0.5, 0.6) is 0 Å². The van der Waals surface area contributed by atoms with E-state index in [-0.39, 0.29) is 68.7 Å². The van der Waals surface area contributed by atoms with Gasteiger partial charge in [-0.05, 0) is 165 Å². The van der Waals surface area contributed by atoms with Gasteiger partial charge in [0.05, 0.1) is 18.8 Å². The van der Waals surface area contributed by atoms with Gasteiger partial charge in [0.1, 0.15) is 23.9 Å². The second-order valence-electron chi connectivity index (χ2n) is 24.9. The van der Waals surface area contributed by atoms with Crippen LogP contribution in [0.2, 0.25) is 0 Å². The molecule has 4 N–H and O–H groups in total. The molecular formula is C48H90N12O4. The molecule has 4 saturated heterocycles. The first kappa shape index (κ1) is 50.6. The highest BCUT2D eigenvalue weighted by Gasteiger charge is 2.48. The van der Waals surface area contributed by atoms with E-state index in [9.17, 15) is 0 Å². The Hall–Kier alpha value is -2.86. The minimum Gasteiger partial charge on any atom is -0.475 e. The summed E-state index contributed by atoms with van der Waals surface area (Å²) in [5, 5.41) is 11.5. The quantitative estimate of drug-likeness (QED) is 0.166. The van der Waals surface area contributed by atoms with Crippen LogP contribution in [-0.4, -0.2) is 152 Å². The highest BCUT2D eigenvalue weighted by atomic mass is 16.8. The van der Waals surface area contributed by atoms with E-state index in [4.69, 9.17) is 29.2 Å². The molecule has 16 nitrogen and oxygen atoms in total. The van der Waals surface area contributed by atoms with E-state index in [0.717, 1.165) is 57.2 Å². The van der Waals surface area contributed by atoms with Crippen LogP contribution >= 0.6 is 0 Å². The summed E-state index contributed by atoms with van der Waals surface area (Å²) in [6, 6.07) is 0. The third kappa shape index (κ3) is 11.4. The molecule has 0 aromatic rings. The lowest BCUT2D eigenvalue weighted by Gasteiger charge is -2.54. The number of rotatable bonds is 11. The van der Waals surface area contributed by atoms with Gasteiger partial charge in [0.15, 0.2) is 0 Å². The Bertz CT molecular complexity index is 1730. The zero-order valence-electron chi connectivity index (χ0n) is 43.7. The summed E-state index contributed by atoms with van der Waals surface area (Å²) in [5.74, 6) is 2.50. The van der Waals surface area contributed by atoms with E-state index in [2.05, 4.69) is 180 Å². The van der Waals surface area contributed by atoms with Crippen LogP contribution in [0.3, 0.4) is 0 Å². The summed E-state index contributed by atoms with van der Waals surface area (Å²) >= 11 is 0. The first-order chi connectivity index (χ1) is 29.2. The van der Waals surface area contributed by atoms with Crippen molar-refractivity contribution in [2.45, 2.75) is 231 Å². The summed E-state index contributed by atoms with van der Waals surface area (Å²) in [6.45, 7) is 37.6. The lowest BCUT2D eigenvalue weighted by atomic mass is 9.79. The Morgan fingerprint density at radius 1 is 0.531 bits per heavy atom. The van der Waals surface area contributed by atoms with E-state index in [1.165, 1.54) is 5.28 Å². The zero-order chi connectivity index (χ0) is 47.6. The SMILES string of the molecule is CN1C(C)(C)CC(OC2=CC(=NCCNC3=CC(OC4CC(C)(C)N(C)C(C)(C)C4)=NN(OC4CC(C)(C)N(C)C(C)(C)C4)N3)NN(OC3CC(C)(C)N(C)C(C)(C)C3)N2)CC1(C)C. The number of hydrazine groups is 3. The van der Waals surface area contributed by atoms with Crippen molar-refractivity contribution < 1.29 is 19.1 Å². The maximum absolute atomic E-state index is 6.80. The molecule has 4 fully saturated rings. The number of nitrogens with one attached hydrogen (secondary N) is 4. The van der Waals surface area contributed by atoms with Gasteiger partial charge in [0, 0.05) is 94.0 Å². The third-order valence-electron chi connectivity index (χ3n) is 16.2. The number of ether oxygens (including phenoxy) is 2. The molecule has 0 saturated carbocycles. The number of amidine groups is 1. The largest absolute Gasteiger partial charge is 0.475 e. The molecule has 0 bridgehead atoms.